The van der Waals surface area contributed by atoms with Crippen LogP contribution in [0.3, 0.4) is 0 Å². The predicted octanol–water partition coefficient (Wildman–Crippen LogP) is 6.13. The molecule has 0 aliphatic rings. The average molecular weight is 489 g/mol. The monoisotopic (exact) mass is 488 g/mol. The summed E-state index contributed by atoms with van der Waals surface area (Å²) in [6, 6.07) is 14.5. The van der Waals surface area contributed by atoms with Gasteiger partial charge in [-0.1, -0.05) is 71.9 Å². The fourth-order valence-corrected chi connectivity index (χ4v) is 4.23. The van der Waals surface area contributed by atoms with Crippen molar-refractivity contribution in [3.8, 4) is 23.0 Å². The molecule has 0 unspecified atom stereocenters. The van der Waals surface area contributed by atoms with Crippen molar-refractivity contribution in [3.63, 3.8) is 0 Å². The smallest absolute Gasteiger partial charge is 0.245 e. The summed E-state index contributed by atoms with van der Waals surface area (Å²) >= 11 is 0. The molecule has 4 rings (SSSR count). The van der Waals surface area contributed by atoms with Gasteiger partial charge in [-0.15, -0.1) is 0 Å². The van der Waals surface area contributed by atoms with Gasteiger partial charge in [-0.2, -0.15) is 4.98 Å². The molecule has 36 heavy (non-hydrogen) atoms. The lowest BCUT2D eigenvalue weighted by Crippen LogP contribution is -2.21. The molecule has 2 aromatic heterocycles. The summed E-state index contributed by atoms with van der Waals surface area (Å²) in [6.45, 7) is 13.9. The lowest BCUT2D eigenvalue weighted by molar-refractivity contribution is 0.0484. The molecule has 2 heterocycles. The van der Waals surface area contributed by atoms with E-state index in [-0.39, 0.29) is 17.6 Å². The maximum absolute atomic E-state index is 6.15. The fourth-order valence-electron chi connectivity index (χ4n) is 4.23. The van der Waals surface area contributed by atoms with Crippen LogP contribution in [0, 0.1) is 0 Å². The summed E-state index contributed by atoms with van der Waals surface area (Å²) in [5.74, 6) is 1.89. The van der Waals surface area contributed by atoms with Crippen LogP contribution >= 0.6 is 0 Å². The van der Waals surface area contributed by atoms with Crippen LogP contribution < -0.4 is 9.47 Å². The van der Waals surface area contributed by atoms with Crippen molar-refractivity contribution in [1.82, 2.24) is 19.5 Å². The fraction of sp³-hybridized carbons (Fsp3) is 0.414. The van der Waals surface area contributed by atoms with E-state index in [2.05, 4.69) is 70.8 Å². The summed E-state index contributed by atoms with van der Waals surface area (Å²) in [6.07, 6.45) is 1.79. The van der Waals surface area contributed by atoms with E-state index in [0.717, 1.165) is 28.1 Å². The topological polar surface area (TPSA) is 71.3 Å². The molecule has 7 heteroatoms. The van der Waals surface area contributed by atoms with Crippen LogP contribution in [0.15, 0.2) is 48.8 Å². The Balaban J connectivity index is 1.93. The quantitative estimate of drug-likeness (QED) is 0.292. The minimum absolute atomic E-state index is 0.178. The van der Waals surface area contributed by atoms with Crippen molar-refractivity contribution in [2.45, 2.75) is 58.9 Å². The van der Waals surface area contributed by atoms with Crippen LogP contribution in [-0.4, -0.2) is 40.5 Å². The standard InChI is InChI=1S/C29H36N4O3/c1-28(2,3)21-14-20(15-22(29(4,5)6)24(21)36-18-34-7)25-31-26-23(27(32-25)35-8)30-17-33(26)16-19-12-10-9-11-13-19/h9-15,17H,16,18H2,1-8H3. The zero-order valence-electron chi connectivity index (χ0n) is 22.5. The van der Waals surface area contributed by atoms with E-state index in [9.17, 15) is 0 Å². The van der Waals surface area contributed by atoms with Gasteiger partial charge in [-0.05, 0) is 28.5 Å². The van der Waals surface area contributed by atoms with Gasteiger partial charge in [0.1, 0.15) is 5.75 Å². The van der Waals surface area contributed by atoms with Crippen molar-refractivity contribution in [2.24, 2.45) is 0 Å². The molecule has 0 radical (unpaired) electrons. The zero-order chi connectivity index (χ0) is 26.1. The molecule has 0 fully saturated rings. The normalized spacial score (nSPS) is 12.2. The van der Waals surface area contributed by atoms with Gasteiger partial charge in [-0.25, -0.2) is 9.97 Å². The minimum Gasteiger partial charge on any atom is -0.479 e. The van der Waals surface area contributed by atoms with Gasteiger partial charge in [-0.3, -0.25) is 0 Å². The molecule has 0 spiro atoms. The number of ether oxygens (including phenoxy) is 3. The number of methoxy groups -OCH3 is 2. The highest BCUT2D eigenvalue weighted by Crippen LogP contribution is 2.42. The molecule has 0 saturated heterocycles. The van der Waals surface area contributed by atoms with Crippen molar-refractivity contribution in [2.75, 3.05) is 21.0 Å². The van der Waals surface area contributed by atoms with Crippen molar-refractivity contribution in [1.29, 1.82) is 0 Å². The number of aromatic nitrogens is 4. The van der Waals surface area contributed by atoms with Gasteiger partial charge >= 0.3 is 0 Å². The summed E-state index contributed by atoms with van der Waals surface area (Å²) in [7, 11) is 3.25. The number of hydrogen-bond acceptors (Lipinski definition) is 6. The third-order valence-corrected chi connectivity index (χ3v) is 6.11. The molecule has 0 atom stereocenters. The van der Waals surface area contributed by atoms with E-state index in [1.165, 1.54) is 5.56 Å². The van der Waals surface area contributed by atoms with Crippen LogP contribution in [0.2, 0.25) is 0 Å². The second-order valence-corrected chi connectivity index (χ2v) is 11.0. The Morgan fingerprint density at radius 2 is 1.50 bits per heavy atom. The molecule has 4 aromatic rings. The molecule has 0 saturated carbocycles. The maximum Gasteiger partial charge on any atom is 0.245 e. The predicted molar refractivity (Wildman–Crippen MR) is 143 cm³/mol. The van der Waals surface area contributed by atoms with Crippen LogP contribution in [-0.2, 0) is 22.1 Å². The Bertz CT molecular complexity index is 1310. The van der Waals surface area contributed by atoms with E-state index in [4.69, 9.17) is 24.2 Å². The Hall–Kier alpha value is -3.45. The largest absolute Gasteiger partial charge is 0.479 e. The van der Waals surface area contributed by atoms with Crippen LogP contribution in [0.1, 0.15) is 58.2 Å². The van der Waals surface area contributed by atoms with Gasteiger partial charge in [0, 0.05) is 23.8 Å². The Morgan fingerprint density at radius 1 is 0.861 bits per heavy atom. The molecule has 190 valence electrons. The molecule has 0 bridgehead atoms. The Kier molecular flexibility index (Phi) is 7.05. The zero-order valence-corrected chi connectivity index (χ0v) is 22.5. The van der Waals surface area contributed by atoms with Gasteiger partial charge < -0.3 is 18.8 Å². The van der Waals surface area contributed by atoms with Gasteiger partial charge in [0.05, 0.1) is 20.0 Å². The number of fused-ring (bicyclic) bond motifs is 1. The van der Waals surface area contributed by atoms with E-state index >= 15 is 0 Å². The molecule has 2 aromatic carbocycles. The number of imidazole rings is 1. The Morgan fingerprint density at radius 3 is 2.06 bits per heavy atom. The molecule has 0 aliphatic carbocycles. The lowest BCUT2D eigenvalue weighted by atomic mass is 9.78. The van der Waals surface area contributed by atoms with E-state index in [1.54, 1.807) is 20.5 Å². The summed E-state index contributed by atoms with van der Waals surface area (Å²) < 4.78 is 19.1. The number of rotatable bonds is 7. The van der Waals surface area contributed by atoms with Crippen molar-refractivity contribution in [3.05, 3.63) is 65.5 Å². The second-order valence-electron chi connectivity index (χ2n) is 11.0. The molecule has 7 nitrogen and oxygen atoms in total. The molecule has 0 amide bonds. The van der Waals surface area contributed by atoms with E-state index in [1.807, 2.05) is 22.8 Å². The van der Waals surface area contributed by atoms with Gasteiger partial charge in [0.2, 0.25) is 5.88 Å². The first-order valence-electron chi connectivity index (χ1n) is 12.1. The SMILES string of the molecule is COCOc1c(C(C)(C)C)cc(-c2nc(OC)c3ncn(Cc4ccccc4)c3n2)cc1C(C)(C)C. The van der Waals surface area contributed by atoms with Gasteiger partial charge in [0.15, 0.2) is 23.8 Å². The molecular formula is C29H36N4O3. The average Bonchev–Trinajstić information content (AvgIpc) is 3.23. The number of hydrogen-bond donors (Lipinski definition) is 0. The number of benzene rings is 2. The van der Waals surface area contributed by atoms with Crippen LogP contribution in [0.4, 0.5) is 0 Å². The number of nitrogens with zero attached hydrogens (tertiary/aromatic N) is 4. The highest BCUT2D eigenvalue weighted by atomic mass is 16.7. The summed E-state index contributed by atoms with van der Waals surface area (Å²) in [4.78, 5) is 14.3. The molecule has 0 N–H and O–H groups in total. The highest BCUT2D eigenvalue weighted by molar-refractivity contribution is 5.79. The molecular weight excluding hydrogens is 452 g/mol. The maximum atomic E-state index is 6.15. The second kappa shape index (κ2) is 9.90. The summed E-state index contributed by atoms with van der Waals surface area (Å²) in [5, 5.41) is 0. The first-order valence-corrected chi connectivity index (χ1v) is 12.1. The first-order chi connectivity index (χ1) is 17.0. The van der Waals surface area contributed by atoms with E-state index in [0.29, 0.717) is 23.8 Å². The third-order valence-electron chi connectivity index (χ3n) is 6.11. The van der Waals surface area contributed by atoms with Crippen molar-refractivity contribution >= 4 is 11.2 Å². The Labute approximate surface area is 213 Å². The minimum atomic E-state index is -0.178. The van der Waals surface area contributed by atoms with Crippen molar-refractivity contribution < 1.29 is 14.2 Å². The lowest BCUT2D eigenvalue weighted by Gasteiger charge is -2.30. The van der Waals surface area contributed by atoms with Crippen LogP contribution in [0.5, 0.6) is 11.6 Å². The highest BCUT2D eigenvalue weighted by Gasteiger charge is 2.29. The third kappa shape index (κ3) is 5.21. The van der Waals surface area contributed by atoms with Crippen LogP contribution in [0.25, 0.3) is 22.6 Å². The van der Waals surface area contributed by atoms with E-state index < -0.39 is 0 Å². The summed E-state index contributed by atoms with van der Waals surface area (Å²) in [5.41, 5.74) is 5.23. The first kappa shape index (κ1) is 25.6. The molecule has 0 aliphatic heterocycles. The van der Waals surface area contributed by atoms with Gasteiger partial charge in [0.25, 0.3) is 0 Å².